The maximum absolute atomic E-state index is 13.9. The summed E-state index contributed by atoms with van der Waals surface area (Å²) in [5, 5.41) is 6.84. The van der Waals surface area contributed by atoms with Crippen LogP contribution in [-0.4, -0.2) is 98.4 Å². The molecule has 5 rings (SSSR count). The number of aromatic nitrogens is 1. The van der Waals surface area contributed by atoms with Crippen LogP contribution < -0.4 is 5.32 Å². The number of aryl methyl sites for hydroxylation is 1. The van der Waals surface area contributed by atoms with Crippen molar-refractivity contribution in [1.29, 1.82) is 0 Å². The Hall–Kier alpha value is -2.83. The molecule has 1 aromatic heterocycles. The number of piperazine rings is 1. The molecule has 10 nitrogen and oxygen atoms in total. The molecule has 2 atom stereocenters. The average Bonchev–Trinajstić information content (AvgIpc) is 3.58. The third kappa shape index (κ3) is 8.08. The van der Waals surface area contributed by atoms with Crippen molar-refractivity contribution in [1.82, 2.24) is 20.1 Å². The summed E-state index contributed by atoms with van der Waals surface area (Å²) in [6, 6.07) is 5.01. The van der Waals surface area contributed by atoms with E-state index in [0.717, 1.165) is 37.7 Å². The number of benzene rings is 1. The minimum Gasteiger partial charge on any atom is -0.468 e. The summed E-state index contributed by atoms with van der Waals surface area (Å²) in [6.07, 6.45) is 6.18. The minimum atomic E-state index is -1.02. The number of amides is 1. The first-order valence-corrected chi connectivity index (χ1v) is 17.8. The Kier molecular flexibility index (Phi) is 12.1. The number of carbonyl (C=O) groups excluding carboxylic acids is 3. The summed E-state index contributed by atoms with van der Waals surface area (Å²) >= 11 is 15.0. The average molecular weight is 705 g/mol. The lowest BCUT2D eigenvalue weighted by molar-refractivity contribution is -0.143. The van der Waals surface area contributed by atoms with E-state index in [9.17, 15) is 14.4 Å². The second kappa shape index (κ2) is 16.0. The van der Waals surface area contributed by atoms with Gasteiger partial charge in [0.2, 0.25) is 5.91 Å². The fourth-order valence-electron chi connectivity index (χ4n) is 7.01. The van der Waals surface area contributed by atoms with E-state index in [1.165, 1.54) is 44.8 Å². The molecule has 2 unspecified atom stereocenters. The molecule has 1 N–H and O–H groups in total. The summed E-state index contributed by atoms with van der Waals surface area (Å²) in [6.45, 7) is 7.90. The van der Waals surface area contributed by atoms with E-state index < -0.39 is 23.8 Å². The lowest BCUT2D eigenvalue weighted by Crippen LogP contribution is -2.54. The Morgan fingerprint density at radius 1 is 1.06 bits per heavy atom. The molecule has 1 aromatic carbocycles. The van der Waals surface area contributed by atoms with Gasteiger partial charge in [0.1, 0.15) is 5.92 Å². The SMILES string of the molecule is CCNCC1(CN2CCN(C(=O)CC3=C(C(=O)OC)C(c4c(Cl)cccc4Cl)C(C(=O)OC)C(CCc4nccs4)=N3)CC2)CCC1. The van der Waals surface area contributed by atoms with Crippen molar-refractivity contribution in [3.05, 3.63) is 61.7 Å². The zero-order valence-electron chi connectivity index (χ0n) is 27.2. The van der Waals surface area contributed by atoms with Crippen LogP contribution in [0.25, 0.3) is 0 Å². The van der Waals surface area contributed by atoms with Gasteiger partial charge in [-0.2, -0.15) is 0 Å². The number of esters is 2. The molecule has 2 aliphatic heterocycles. The zero-order chi connectivity index (χ0) is 33.6. The fourth-order valence-corrected chi connectivity index (χ4v) is 8.27. The normalized spacial score (nSPS) is 21.2. The predicted octanol–water partition coefficient (Wildman–Crippen LogP) is 5.15. The predicted molar refractivity (Wildman–Crippen MR) is 184 cm³/mol. The van der Waals surface area contributed by atoms with Crippen molar-refractivity contribution < 1.29 is 23.9 Å². The largest absolute Gasteiger partial charge is 0.468 e. The van der Waals surface area contributed by atoms with Gasteiger partial charge >= 0.3 is 11.9 Å². The van der Waals surface area contributed by atoms with Crippen LogP contribution in [0.2, 0.25) is 10.0 Å². The highest BCUT2D eigenvalue weighted by Crippen LogP contribution is 2.47. The number of hydrogen-bond donors (Lipinski definition) is 1. The van der Waals surface area contributed by atoms with E-state index in [2.05, 4.69) is 22.1 Å². The molecule has 2 aromatic rings. The maximum atomic E-state index is 13.9. The third-order valence-corrected chi connectivity index (χ3v) is 11.1. The van der Waals surface area contributed by atoms with Gasteiger partial charge in [-0.1, -0.05) is 42.6 Å². The molecule has 1 amide bonds. The van der Waals surface area contributed by atoms with Crippen LogP contribution in [0.3, 0.4) is 0 Å². The summed E-state index contributed by atoms with van der Waals surface area (Å²) in [5.41, 5.74) is 1.50. The van der Waals surface area contributed by atoms with Crippen molar-refractivity contribution in [2.45, 2.75) is 51.4 Å². The summed E-state index contributed by atoms with van der Waals surface area (Å²) in [7, 11) is 2.55. The minimum absolute atomic E-state index is 0.0817. The van der Waals surface area contributed by atoms with Crippen LogP contribution >= 0.6 is 34.5 Å². The molecular formula is C34H43Cl2N5O5S. The van der Waals surface area contributed by atoms with Gasteiger partial charge in [0.25, 0.3) is 0 Å². The molecule has 13 heteroatoms. The number of hydrogen-bond acceptors (Lipinski definition) is 10. The van der Waals surface area contributed by atoms with Crippen molar-refractivity contribution >= 4 is 58.1 Å². The van der Waals surface area contributed by atoms with E-state index in [4.69, 9.17) is 37.7 Å². The van der Waals surface area contributed by atoms with Crippen molar-refractivity contribution in [2.75, 3.05) is 60.0 Å². The lowest BCUT2D eigenvalue weighted by Gasteiger charge is -2.47. The Morgan fingerprint density at radius 2 is 1.79 bits per heavy atom. The van der Waals surface area contributed by atoms with Gasteiger partial charge in [-0.15, -0.1) is 11.3 Å². The quantitative estimate of drug-likeness (QED) is 0.285. The van der Waals surface area contributed by atoms with Crippen LogP contribution in [-0.2, 0) is 30.3 Å². The summed E-state index contributed by atoms with van der Waals surface area (Å²) in [4.78, 5) is 54.6. The molecule has 254 valence electrons. The Morgan fingerprint density at radius 3 is 2.36 bits per heavy atom. The molecular weight excluding hydrogens is 661 g/mol. The standard InChI is InChI=1S/C34H43Cl2N5O5S/c1-4-37-20-34(11-6-12-34)21-40-14-16-41(17-15-40)27(42)19-25-30(33(44)46-3)31(28-22(35)7-5-8-23(28)36)29(32(43)45-2)24(39-25)9-10-26-38-13-18-47-26/h5,7-8,13,18,29,31,37H,4,6,9-12,14-17,19-21H2,1-3H3. The smallest absolute Gasteiger partial charge is 0.336 e. The number of methoxy groups -OCH3 is 2. The third-order valence-electron chi connectivity index (χ3n) is 9.61. The van der Waals surface area contributed by atoms with Gasteiger partial charge in [0, 0.05) is 78.9 Å². The number of aliphatic imine (C=N–C) groups is 1. The number of nitrogens with one attached hydrogen (secondary N) is 1. The Bertz CT molecular complexity index is 1480. The lowest BCUT2D eigenvalue weighted by atomic mass is 9.68. The highest BCUT2D eigenvalue weighted by molar-refractivity contribution is 7.09. The van der Waals surface area contributed by atoms with Crippen molar-refractivity contribution in [3.8, 4) is 0 Å². The molecule has 0 bridgehead atoms. The molecule has 1 aliphatic carbocycles. The van der Waals surface area contributed by atoms with Gasteiger partial charge in [0.05, 0.1) is 36.9 Å². The number of nitrogens with zero attached hydrogens (tertiary/aromatic N) is 4. The van der Waals surface area contributed by atoms with Crippen molar-refractivity contribution in [2.24, 2.45) is 16.3 Å². The summed E-state index contributed by atoms with van der Waals surface area (Å²) < 4.78 is 10.5. The molecule has 2 fully saturated rings. The Balaban J connectivity index is 1.45. The van der Waals surface area contributed by atoms with Crippen LogP contribution in [0.5, 0.6) is 0 Å². The number of halogens is 2. The Labute approximate surface area is 290 Å². The van der Waals surface area contributed by atoms with E-state index in [0.29, 0.717) is 42.6 Å². The molecule has 3 heterocycles. The van der Waals surface area contributed by atoms with Crippen LogP contribution in [0.1, 0.15) is 55.5 Å². The second-order valence-corrected chi connectivity index (χ2v) is 14.3. The van der Waals surface area contributed by atoms with Gasteiger partial charge in [-0.05, 0) is 48.9 Å². The first kappa shape index (κ1) is 35.5. The van der Waals surface area contributed by atoms with Crippen LogP contribution in [0.4, 0.5) is 0 Å². The van der Waals surface area contributed by atoms with Crippen LogP contribution in [0, 0.1) is 11.3 Å². The summed E-state index contributed by atoms with van der Waals surface area (Å²) in [5.74, 6) is -3.44. The first-order valence-electron chi connectivity index (χ1n) is 16.2. The highest BCUT2D eigenvalue weighted by Gasteiger charge is 2.46. The molecule has 0 spiro atoms. The van der Waals surface area contributed by atoms with Gasteiger partial charge in [-0.3, -0.25) is 19.5 Å². The molecule has 1 saturated carbocycles. The number of ether oxygens (including phenoxy) is 2. The topological polar surface area (TPSA) is 113 Å². The highest BCUT2D eigenvalue weighted by atomic mass is 35.5. The van der Waals surface area contributed by atoms with E-state index in [1.54, 1.807) is 24.4 Å². The first-order chi connectivity index (χ1) is 22.7. The van der Waals surface area contributed by atoms with E-state index >= 15 is 0 Å². The fraction of sp³-hybridized carbons (Fsp3) is 0.559. The van der Waals surface area contributed by atoms with Crippen molar-refractivity contribution in [3.63, 3.8) is 0 Å². The van der Waals surface area contributed by atoms with E-state index in [-0.39, 0.29) is 33.6 Å². The molecule has 1 saturated heterocycles. The molecule has 47 heavy (non-hydrogen) atoms. The van der Waals surface area contributed by atoms with Gasteiger partial charge in [-0.25, -0.2) is 9.78 Å². The monoisotopic (exact) mass is 703 g/mol. The van der Waals surface area contributed by atoms with Crippen LogP contribution in [0.15, 0.2) is 46.0 Å². The molecule has 3 aliphatic rings. The van der Waals surface area contributed by atoms with Gasteiger partial charge in [0.15, 0.2) is 0 Å². The second-order valence-electron chi connectivity index (χ2n) is 12.5. The number of rotatable bonds is 13. The number of carbonyl (C=O) groups is 3. The maximum Gasteiger partial charge on any atom is 0.336 e. The van der Waals surface area contributed by atoms with Gasteiger partial charge < -0.3 is 19.7 Å². The van der Waals surface area contributed by atoms with E-state index in [1.807, 2.05) is 10.3 Å². The number of thiazole rings is 1. The molecule has 0 radical (unpaired) electrons. The zero-order valence-corrected chi connectivity index (χ0v) is 29.6.